The molecule has 0 aliphatic rings. The average Bonchev–Trinajstić information content (AvgIpc) is 3.10. The van der Waals surface area contributed by atoms with Crippen molar-refractivity contribution >= 4 is 39.2 Å². The van der Waals surface area contributed by atoms with Gasteiger partial charge in [-0.2, -0.15) is 4.31 Å². The van der Waals surface area contributed by atoms with Gasteiger partial charge in [0.25, 0.3) is 5.78 Å². The lowest BCUT2D eigenvalue weighted by Gasteiger charge is -2.18. The van der Waals surface area contributed by atoms with Crippen molar-refractivity contribution in [3.63, 3.8) is 0 Å². The lowest BCUT2D eigenvalue weighted by Crippen LogP contribution is -2.30. The number of aryl methyl sites for hydroxylation is 2. The van der Waals surface area contributed by atoms with E-state index < -0.39 is 10.0 Å². The van der Waals surface area contributed by atoms with E-state index in [2.05, 4.69) is 20.5 Å². The molecule has 0 aliphatic heterocycles. The lowest BCUT2D eigenvalue weighted by molar-refractivity contribution is -0.113. The second-order valence-corrected chi connectivity index (χ2v) is 9.49. The molecule has 1 amide bonds. The van der Waals surface area contributed by atoms with Crippen molar-refractivity contribution < 1.29 is 13.2 Å². The monoisotopic (exact) mass is 448 g/mol. The maximum absolute atomic E-state index is 12.5. The van der Waals surface area contributed by atoms with Crippen molar-refractivity contribution in [2.45, 2.75) is 37.7 Å². The van der Waals surface area contributed by atoms with Crippen molar-refractivity contribution in [1.29, 1.82) is 0 Å². The third-order valence-electron chi connectivity index (χ3n) is 4.48. The van der Waals surface area contributed by atoms with Gasteiger partial charge in [-0.05, 0) is 44.2 Å². The maximum atomic E-state index is 12.5. The highest BCUT2D eigenvalue weighted by Gasteiger charge is 2.21. The number of rotatable bonds is 8. The quantitative estimate of drug-likeness (QED) is 0.527. The van der Waals surface area contributed by atoms with Gasteiger partial charge in [0.15, 0.2) is 5.16 Å². The van der Waals surface area contributed by atoms with E-state index in [1.165, 1.54) is 28.2 Å². The first kappa shape index (κ1) is 22.2. The second-order valence-electron chi connectivity index (χ2n) is 6.61. The Morgan fingerprint density at radius 1 is 1.13 bits per heavy atom. The molecule has 1 aromatic carbocycles. The maximum Gasteiger partial charge on any atom is 0.256 e. The third kappa shape index (κ3) is 4.63. The van der Waals surface area contributed by atoms with Gasteiger partial charge in [0.1, 0.15) is 0 Å². The fraction of sp³-hybridized carbons (Fsp3) is 0.368. The number of nitrogens with zero attached hydrogens (tertiary/aromatic N) is 5. The Morgan fingerprint density at radius 2 is 1.80 bits per heavy atom. The molecule has 1 N–H and O–H groups in total. The number of hydrogen-bond acceptors (Lipinski definition) is 7. The molecule has 2 heterocycles. The number of benzene rings is 1. The summed E-state index contributed by atoms with van der Waals surface area (Å²) in [7, 11) is -3.52. The topological polar surface area (TPSA) is 110 Å². The van der Waals surface area contributed by atoms with E-state index in [-0.39, 0.29) is 16.6 Å². The van der Waals surface area contributed by atoms with Crippen LogP contribution >= 0.6 is 11.8 Å². The predicted octanol–water partition coefficient (Wildman–Crippen LogP) is 2.50. The Labute approximate surface area is 180 Å². The molecule has 160 valence electrons. The first-order valence-corrected chi connectivity index (χ1v) is 11.9. The average molecular weight is 449 g/mol. The van der Waals surface area contributed by atoms with E-state index in [4.69, 9.17) is 0 Å². The molecule has 0 atom stereocenters. The summed E-state index contributed by atoms with van der Waals surface area (Å²) in [4.78, 5) is 16.9. The normalized spacial score (nSPS) is 11.9. The van der Waals surface area contributed by atoms with Crippen molar-refractivity contribution in [3.05, 3.63) is 41.7 Å². The molecule has 0 saturated heterocycles. The molecule has 2 aromatic heterocycles. The number of hydrogen-bond donors (Lipinski definition) is 1. The molecular formula is C19H24N6O3S2. The molecule has 0 saturated carbocycles. The lowest BCUT2D eigenvalue weighted by atomic mass is 10.3. The van der Waals surface area contributed by atoms with Gasteiger partial charge >= 0.3 is 0 Å². The zero-order valence-electron chi connectivity index (χ0n) is 17.3. The van der Waals surface area contributed by atoms with Gasteiger partial charge in [-0.25, -0.2) is 13.4 Å². The van der Waals surface area contributed by atoms with Crippen molar-refractivity contribution in [2.24, 2.45) is 0 Å². The summed E-state index contributed by atoms with van der Waals surface area (Å²) in [6, 6.07) is 8.10. The van der Waals surface area contributed by atoms with Crippen LogP contribution in [0.2, 0.25) is 0 Å². The molecular weight excluding hydrogens is 424 g/mol. The summed E-state index contributed by atoms with van der Waals surface area (Å²) in [5.74, 6) is 0.405. The van der Waals surface area contributed by atoms with Crippen molar-refractivity contribution in [2.75, 3.05) is 24.2 Å². The summed E-state index contributed by atoms with van der Waals surface area (Å²) in [6.45, 7) is 8.22. The molecule has 9 nitrogen and oxygen atoms in total. The van der Waals surface area contributed by atoms with Gasteiger partial charge in [-0.1, -0.05) is 25.6 Å². The smallest absolute Gasteiger partial charge is 0.256 e. The molecule has 0 radical (unpaired) electrons. The standard InChI is InChI=1S/C19H24N6O3S2/c1-5-24(6-2)30(27,28)16-9-7-15(8-10-16)21-17(26)12-29-19-23-22-18-20-13(3)11-14(4)25(18)19/h7-11H,5-6,12H2,1-4H3,(H,21,26). The predicted molar refractivity (Wildman–Crippen MR) is 116 cm³/mol. The minimum Gasteiger partial charge on any atom is -0.325 e. The summed E-state index contributed by atoms with van der Waals surface area (Å²) >= 11 is 1.26. The Kier molecular flexibility index (Phi) is 6.74. The molecule has 3 aromatic rings. The van der Waals surface area contributed by atoms with E-state index in [1.807, 2.05) is 19.9 Å². The molecule has 11 heteroatoms. The second kappa shape index (κ2) is 9.11. The minimum absolute atomic E-state index is 0.133. The largest absolute Gasteiger partial charge is 0.325 e. The number of nitrogens with one attached hydrogen (secondary N) is 1. The van der Waals surface area contributed by atoms with Crippen molar-refractivity contribution in [3.8, 4) is 0 Å². The van der Waals surface area contributed by atoms with Gasteiger partial charge in [-0.3, -0.25) is 9.20 Å². The van der Waals surface area contributed by atoms with E-state index in [9.17, 15) is 13.2 Å². The number of anilines is 1. The Balaban J connectivity index is 1.65. The Bertz CT molecular complexity index is 1150. The van der Waals surface area contributed by atoms with Gasteiger partial charge in [0.05, 0.1) is 10.6 Å². The van der Waals surface area contributed by atoms with Crippen LogP contribution in [0.15, 0.2) is 40.4 Å². The number of amides is 1. The van der Waals surface area contributed by atoms with Crippen LogP contribution in [0.5, 0.6) is 0 Å². The molecule has 0 bridgehead atoms. The highest BCUT2D eigenvalue weighted by atomic mass is 32.2. The van der Waals surface area contributed by atoms with Crippen LogP contribution in [0.4, 0.5) is 5.69 Å². The van der Waals surface area contributed by atoms with E-state index in [1.54, 1.807) is 30.4 Å². The van der Waals surface area contributed by atoms with Gasteiger partial charge < -0.3 is 5.32 Å². The molecule has 30 heavy (non-hydrogen) atoms. The van der Waals surface area contributed by atoms with Crippen molar-refractivity contribution in [1.82, 2.24) is 23.9 Å². The zero-order chi connectivity index (χ0) is 21.9. The molecule has 0 unspecified atom stereocenters. The van der Waals surface area contributed by atoms with E-state index >= 15 is 0 Å². The fourth-order valence-corrected chi connectivity index (χ4v) is 5.29. The third-order valence-corrected chi connectivity index (χ3v) is 7.47. The van der Waals surface area contributed by atoms with Crippen LogP contribution in [0.1, 0.15) is 25.2 Å². The van der Waals surface area contributed by atoms with Gasteiger partial charge in [0.2, 0.25) is 15.9 Å². The first-order chi connectivity index (χ1) is 14.3. The molecule has 0 aliphatic carbocycles. The molecule has 3 rings (SSSR count). The summed E-state index contributed by atoms with van der Waals surface area (Å²) in [5, 5.41) is 11.5. The minimum atomic E-state index is -3.52. The summed E-state index contributed by atoms with van der Waals surface area (Å²) in [5.41, 5.74) is 2.32. The van der Waals surface area contributed by atoms with Crippen LogP contribution in [-0.2, 0) is 14.8 Å². The first-order valence-electron chi connectivity index (χ1n) is 9.48. The van der Waals surface area contributed by atoms with E-state index in [0.29, 0.717) is 29.7 Å². The van der Waals surface area contributed by atoms with Gasteiger partial charge in [0, 0.05) is 30.2 Å². The van der Waals surface area contributed by atoms with Crippen LogP contribution in [0.3, 0.4) is 0 Å². The number of carbonyl (C=O) groups excluding carboxylic acids is 1. The molecule has 0 fully saturated rings. The number of aromatic nitrogens is 4. The van der Waals surface area contributed by atoms with Crippen LogP contribution in [0, 0.1) is 13.8 Å². The highest BCUT2D eigenvalue weighted by molar-refractivity contribution is 7.99. The number of fused-ring (bicyclic) bond motifs is 1. The van der Waals surface area contributed by atoms with Crippen LogP contribution in [-0.4, -0.2) is 57.1 Å². The highest BCUT2D eigenvalue weighted by Crippen LogP contribution is 2.21. The fourth-order valence-electron chi connectivity index (χ4n) is 3.04. The van der Waals surface area contributed by atoms with Crippen LogP contribution in [0.25, 0.3) is 5.78 Å². The summed E-state index contributed by atoms with van der Waals surface area (Å²) in [6.07, 6.45) is 0. The molecule has 0 spiro atoms. The van der Waals surface area contributed by atoms with Gasteiger partial charge in [-0.15, -0.1) is 10.2 Å². The number of thioether (sulfide) groups is 1. The van der Waals surface area contributed by atoms with E-state index in [0.717, 1.165) is 11.4 Å². The SMILES string of the molecule is CCN(CC)S(=O)(=O)c1ccc(NC(=O)CSc2nnc3nc(C)cc(C)n23)cc1. The number of sulfonamides is 1. The Morgan fingerprint density at radius 3 is 2.43 bits per heavy atom. The Hall–Kier alpha value is -2.50. The van der Waals surface area contributed by atoms with Crippen LogP contribution < -0.4 is 5.32 Å². The number of carbonyl (C=O) groups is 1. The zero-order valence-corrected chi connectivity index (χ0v) is 18.9. The summed E-state index contributed by atoms with van der Waals surface area (Å²) < 4.78 is 28.3.